The van der Waals surface area contributed by atoms with Gasteiger partial charge in [0, 0.05) is 11.5 Å². The summed E-state index contributed by atoms with van der Waals surface area (Å²) in [7, 11) is -0.775. The van der Waals surface area contributed by atoms with Crippen molar-refractivity contribution in [1.29, 1.82) is 0 Å². The third-order valence-corrected chi connectivity index (χ3v) is 3.86. The number of rotatable bonds is 3. The highest BCUT2D eigenvalue weighted by molar-refractivity contribution is 6.63. The van der Waals surface area contributed by atoms with Crippen molar-refractivity contribution in [3.05, 3.63) is 17.9 Å². The van der Waals surface area contributed by atoms with Gasteiger partial charge in [0.1, 0.15) is 5.82 Å². The van der Waals surface area contributed by atoms with Gasteiger partial charge < -0.3 is 19.2 Å². The molecule has 1 aliphatic heterocycles. The lowest BCUT2D eigenvalue weighted by Crippen LogP contribution is -2.41. The number of hydrogen-bond donors (Lipinski definition) is 1. The molecule has 1 heterocycles. The Bertz CT molecular complexity index is 500. The average Bonchev–Trinajstić information content (AvgIpc) is 2.51. The van der Waals surface area contributed by atoms with Crippen molar-refractivity contribution in [3.8, 4) is 11.5 Å². The van der Waals surface area contributed by atoms with Crippen LogP contribution in [0.1, 0.15) is 34.6 Å². The van der Waals surface area contributed by atoms with Crippen molar-refractivity contribution in [3.63, 3.8) is 0 Å². The van der Waals surface area contributed by atoms with E-state index in [4.69, 9.17) is 14.0 Å². The van der Waals surface area contributed by atoms with Gasteiger partial charge in [-0.25, -0.2) is 4.39 Å². The van der Waals surface area contributed by atoms with Crippen LogP contribution in [-0.4, -0.2) is 30.0 Å². The zero-order valence-electron chi connectivity index (χ0n) is 12.5. The van der Waals surface area contributed by atoms with Crippen LogP contribution >= 0.6 is 0 Å². The molecular weight excluding hydrogens is 262 g/mol. The number of halogens is 1. The summed E-state index contributed by atoms with van der Waals surface area (Å²) in [4.78, 5) is 0. The third kappa shape index (κ3) is 2.50. The Kier molecular flexibility index (Phi) is 3.73. The molecule has 110 valence electrons. The summed E-state index contributed by atoms with van der Waals surface area (Å²) in [6.07, 6.45) is 0. The molecule has 6 heteroatoms. The first-order chi connectivity index (χ1) is 9.18. The normalized spacial score (nSPS) is 20.2. The standard InChI is InChI=1S/C14H20BFO4/c1-6-18-12-10(7-9(16)8-11(12)17)15-19-13(2,3)14(4,5)20-15/h7-8,17H,6H2,1-5H3. The molecule has 0 spiro atoms. The van der Waals surface area contributed by atoms with Crippen LogP contribution in [0.3, 0.4) is 0 Å². The van der Waals surface area contributed by atoms with E-state index in [9.17, 15) is 9.50 Å². The van der Waals surface area contributed by atoms with Crippen LogP contribution in [0.25, 0.3) is 0 Å². The van der Waals surface area contributed by atoms with Crippen LogP contribution in [0, 0.1) is 5.82 Å². The van der Waals surface area contributed by atoms with Gasteiger partial charge in [0.05, 0.1) is 17.8 Å². The molecule has 1 fully saturated rings. The summed E-state index contributed by atoms with van der Waals surface area (Å²) in [6, 6.07) is 2.28. The second kappa shape index (κ2) is 4.93. The summed E-state index contributed by atoms with van der Waals surface area (Å²) in [5.41, 5.74) is -0.713. The van der Waals surface area contributed by atoms with E-state index in [1.165, 1.54) is 6.07 Å². The minimum Gasteiger partial charge on any atom is -0.504 e. The smallest absolute Gasteiger partial charge is 0.498 e. The molecule has 0 amide bonds. The Labute approximate surface area is 119 Å². The fraction of sp³-hybridized carbons (Fsp3) is 0.571. The molecule has 0 unspecified atom stereocenters. The molecule has 4 nitrogen and oxygen atoms in total. The lowest BCUT2D eigenvalue weighted by atomic mass is 9.78. The molecule has 0 aromatic heterocycles. The fourth-order valence-corrected chi connectivity index (χ4v) is 2.05. The van der Waals surface area contributed by atoms with Gasteiger partial charge in [-0.05, 0) is 40.7 Å². The Morgan fingerprint density at radius 1 is 1.20 bits per heavy atom. The highest BCUT2D eigenvalue weighted by Gasteiger charge is 2.52. The fourth-order valence-electron chi connectivity index (χ4n) is 2.05. The summed E-state index contributed by atoms with van der Waals surface area (Å²) >= 11 is 0. The molecule has 0 saturated carbocycles. The van der Waals surface area contributed by atoms with Crippen molar-refractivity contribution in [2.45, 2.75) is 45.8 Å². The maximum Gasteiger partial charge on any atom is 0.498 e. The summed E-state index contributed by atoms with van der Waals surface area (Å²) in [6.45, 7) is 9.78. The lowest BCUT2D eigenvalue weighted by molar-refractivity contribution is 0.00578. The van der Waals surface area contributed by atoms with Gasteiger partial charge in [-0.3, -0.25) is 0 Å². The lowest BCUT2D eigenvalue weighted by Gasteiger charge is -2.32. The number of phenols is 1. The van der Waals surface area contributed by atoms with Gasteiger partial charge in [0.25, 0.3) is 0 Å². The topological polar surface area (TPSA) is 47.9 Å². The molecule has 0 atom stereocenters. The first-order valence-corrected chi connectivity index (χ1v) is 6.69. The summed E-state index contributed by atoms with van der Waals surface area (Å²) in [5, 5.41) is 9.85. The molecular formula is C14H20BFO4. The van der Waals surface area contributed by atoms with Gasteiger partial charge in [-0.2, -0.15) is 0 Å². The van der Waals surface area contributed by atoms with E-state index in [0.717, 1.165) is 6.07 Å². The molecule has 0 radical (unpaired) electrons. The second-order valence-electron chi connectivity index (χ2n) is 5.86. The average molecular weight is 282 g/mol. The molecule has 20 heavy (non-hydrogen) atoms. The molecule has 1 aliphatic rings. The van der Waals surface area contributed by atoms with Crippen molar-refractivity contribution >= 4 is 12.6 Å². The molecule has 0 aliphatic carbocycles. The molecule has 2 rings (SSSR count). The molecule has 0 bridgehead atoms. The number of phenolic OH excluding ortho intramolecular Hbond substituents is 1. The van der Waals surface area contributed by atoms with Gasteiger partial charge in [-0.15, -0.1) is 0 Å². The van der Waals surface area contributed by atoms with E-state index in [-0.39, 0.29) is 11.5 Å². The molecule has 1 aromatic rings. The predicted molar refractivity (Wildman–Crippen MR) is 74.9 cm³/mol. The zero-order valence-corrected chi connectivity index (χ0v) is 12.5. The maximum atomic E-state index is 13.6. The van der Waals surface area contributed by atoms with Gasteiger partial charge in [-0.1, -0.05) is 0 Å². The third-order valence-electron chi connectivity index (χ3n) is 3.86. The molecule has 1 N–H and O–H groups in total. The summed E-state index contributed by atoms with van der Waals surface area (Å²) in [5.74, 6) is -0.611. The van der Waals surface area contributed by atoms with Gasteiger partial charge in [0.15, 0.2) is 11.5 Å². The monoisotopic (exact) mass is 282 g/mol. The first-order valence-electron chi connectivity index (χ1n) is 6.69. The van der Waals surface area contributed by atoms with Crippen LogP contribution in [0.15, 0.2) is 12.1 Å². The minimum absolute atomic E-state index is 0.201. The number of benzene rings is 1. The van der Waals surface area contributed by atoms with Gasteiger partial charge >= 0.3 is 7.12 Å². The quantitative estimate of drug-likeness (QED) is 0.864. The van der Waals surface area contributed by atoms with Gasteiger partial charge in [0.2, 0.25) is 0 Å². The van der Waals surface area contributed by atoms with Crippen LogP contribution < -0.4 is 10.2 Å². The summed E-state index contributed by atoms with van der Waals surface area (Å²) < 4.78 is 30.7. The van der Waals surface area contributed by atoms with E-state index >= 15 is 0 Å². The van der Waals surface area contributed by atoms with E-state index in [1.807, 2.05) is 27.7 Å². The van der Waals surface area contributed by atoms with Crippen molar-refractivity contribution < 1.29 is 23.5 Å². The Morgan fingerprint density at radius 3 is 2.25 bits per heavy atom. The predicted octanol–water partition coefficient (Wildman–Crippen LogP) is 2.23. The van der Waals surface area contributed by atoms with E-state index in [0.29, 0.717) is 12.1 Å². The largest absolute Gasteiger partial charge is 0.504 e. The van der Waals surface area contributed by atoms with Crippen molar-refractivity contribution in [2.75, 3.05) is 6.61 Å². The zero-order chi connectivity index (χ0) is 15.1. The van der Waals surface area contributed by atoms with Crippen molar-refractivity contribution in [1.82, 2.24) is 0 Å². The Balaban J connectivity index is 2.44. The van der Waals surface area contributed by atoms with E-state index < -0.39 is 24.1 Å². The second-order valence-corrected chi connectivity index (χ2v) is 5.86. The van der Waals surface area contributed by atoms with Crippen LogP contribution in [0.2, 0.25) is 0 Å². The van der Waals surface area contributed by atoms with Crippen LogP contribution in [0.4, 0.5) is 4.39 Å². The highest BCUT2D eigenvalue weighted by Crippen LogP contribution is 2.38. The van der Waals surface area contributed by atoms with Crippen LogP contribution in [0.5, 0.6) is 11.5 Å². The van der Waals surface area contributed by atoms with Crippen molar-refractivity contribution in [2.24, 2.45) is 0 Å². The molecule has 1 aromatic carbocycles. The van der Waals surface area contributed by atoms with Crippen LogP contribution in [-0.2, 0) is 9.31 Å². The SMILES string of the molecule is CCOc1c(O)cc(F)cc1B1OC(C)(C)C(C)(C)O1. The first kappa shape index (κ1) is 15.1. The number of aromatic hydroxyl groups is 1. The Morgan fingerprint density at radius 2 is 1.75 bits per heavy atom. The Hall–Kier alpha value is -1.27. The maximum absolute atomic E-state index is 13.6. The van der Waals surface area contributed by atoms with E-state index in [1.54, 1.807) is 6.92 Å². The van der Waals surface area contributed by atoms with E-state index in [2.05, 4.69) is 0 Å². The highest BCUT2D eigenvalue weighted by atomic mass is 19.1. The minimum atomic E-state index is -0.775. The number of hydrogen-bond acceptors (Lipinski definition) is 4. The molecule has 1 saturated heterocycles. The number of ether oxygens (including phenoxy) is 1.